The van der Waals surface area contributed by atoms with Gasteiger partial charge in [0.25, 0.3) is 0 Å². The quantitative estimate of drug-likeness (QED) is 0.553. The van der Waals surface area contributed by atoms with Crippen molar-refractivity contribution in [2.45, 2.75) is 12.3 Å². The van der Waals surface area contributed by atoms with Crippen LogP contribution in [0.5, 0.6) is 0 Å². The van der Waals surface area contributed by atoms with Gasteiger partial charge in [0.15, 0.2) is 0 Å². The zero-order valence-electron chi connectivity index (χ0n) is 6.20. The number of carbonyl (C=O) groups is 2. The molecule has 1 fully saturated rings. The summed E-state index contributed by atoms with van der Waals surface area (Å²) in [6.45, 7) is 0. The number of carbonyl (C=O) groups excluding carboxylic acids is 2. The van der Waals surface area contributed by atoms with Crippen LogP contribution in [0.15, 0.2) is 12.4 Å². The Labute approximate surface area is 68.2 Å². The molecule has 0 bridgehead atoms. The number of nitrogens with one attached hydrogen (secondary N) is 2. The van der Waals surface area contributed by atoms with E-state index in [4.69, 9.17) is 0 Å². The molecule has 2 rings (SSSR count). The summed E-state index contributed by atoms with van der Waals surface area (Å²) in [5.41, 5.74) is 0. The molecule has 1 aromatic rings. The van der Waals surface area contributed by atoms with E-state index in [1.807, 2.05) is 0 Å². The molecule has 1 unspecified atom stereocenters. The minimum atomic E-state index is -0.424. The van der Waals surface area contributed by atoms with Crippen molar-refractivity contribution in [1.29, 1.82) is 0 Å². The second kappa shape index (κ2) is 2.44. The maximum Gasteiger partial charge on any atom is 0.237 e. The third-order valence-corrected chi connectivity index (χ3v) is 1.82. The Hall–Kier alpha value is -1.65. The van der Waals surface area contributed by atoms with Gasteiger partial charge in [-0.3, -0.25) is 14.9 Å². The fourth-order valence-electron chi connectivity index (χ4n) is 1.24. The number of nitrogens with zero attached hydrogens (tertiary/aromatic N) is 1. The molecule has 1 atom stereocenters. The predicted molar refractivity (Wildman–Crippen MR) is 39.1 cm³/mol. The maximum absolute atomic E-state index is 11.1. The molecule has 0 aromatic carbocycles. The number of aromatic amines is 1. The van der Waals surface area contributed by atoms with Crippen LogP contribution in [0.2, 0.25) is 0 Å². The van der Waals surface area contributed by atoms with E-state index >= 15 is 0 Å². The van der Waals surface area contributed by atoms with Crippen LogP contribution in [-0.2, 0) is 9.59 Å². The van der Waals surface area contributed by atoms with Crippen molar-refractivity contribution in [3.8, 4) is 0 Å². The normalized spacial score (nSPS) is 22.8. The van der Waals surface area contributed by atoms with Gasteiger partial charge in [0, 0.05) is 18.8 Å². The zero-order valence-corrected chi connectivity index (χ0v) is 6.20. The Morgan fingerprint density at radius 2 is 2.33 bits per heavy atom. The first-order chi connectivity index (χ1) is 5.77. The molecule has 0 spiro atoms. The van der Waals surface area contributed by atoms with Crippen molar-refractivity contribution in [3.05, 3.63) is 18.2 Å². The number of imidazole rings is 1. The van der Waals surface area contributed by atoms with Gasteiger partial charge in [-0.2, -0.15) is 0 Å². The number of amides is 2. The smallest absolute Gasteiger partial charge is 0.237 e. The molecule has 0 saturated carbocycles. The van der Waals surface area contributed by atoms with Gasteiger partial charge in [-0.1, -0.05) is 0 Å². The van der Waals surface area contributed by atoms with E-state index < -0.39 is 5.92 Å². The number of H-pyrrole nitrogens is 1. The summed E-state index contributed by atoms with van der Waals surface area (Å²) < 4.78 is 0. The number of imide groups is 1. The van der Waals surface area contributed by atoms with Gasteiger partial charge in [-0.25, -0.2) is 4.98 Å². The van der Waals surface area contributed by atoms with Crippen LogP contribution < -0.4 is 5.32 Å². The van der Waals surface area contributed by atoms with Gasteiger partial charge in [0.05, 0.1) is 0 Å². The van der Waals surface area contributed by atoms with Crippen molar-refractivity contribution < 1.29 is 9.59 Å². The summed E-state index contributed by atoms with van der Waals surface area (Å²) in [7, 11) is 0. The second-order valence-electron chi connectivity index (χ2n) is 2.64. The fourth-order valence-corrected chi connectivity index (χ4v) is 1.24. The molecule has 2 amide bonds. The van der Waals surface area contributed by atoms with E-state index in [0.717, 1.165) is 0 Å². The second-order valence-corrected chi connectivity index (χ2v) is 2.64. The van der Waals surface area contributed by atoms with Crippen LogP contribution in [0, 0.1) is 0 Å². The standard InChI is InChI=1S/C7H7N3O2/c11-5-3-4(7(12)10-5)6-8-1-2-9-6/h1-2,4H,3H2,(H,8,9)(H,10,11,12). The van der Waals surface area contributed by atoms with Crippen molar-refractivity contribution >= 4 is 11.8 Å². The van der Waals surface area contributed by atoms with Gasteiger partial charge >= 0.3 is 0 Å². The van der Waals surface area contributed by atoms with Gasteiger partial charge < -0.3 is 4.98 Å². The minimum absolute atomic E-state index is 0.201. The SMILES string of the molecule is O=C1CC(c2ncc[nH]2)C(=O)N1. The summed E-state index contributed by atoms with van der Waals surface area (Å²) in [5.74, 6) is -0.373. The summed E-state index contributed by atoms with van der Waals surface area (Å²) >= 11 is 0. The highest BCUT2D eigenvalue weighted by atomic mass is 16.2. The molecule has 1 aliphatic heterocycles. The molecule has 5 heteroatoms. The number of aromatic nitrogens is 2. The van der Waals surface area contributed by atoms with Gasteiger partial charge in [0.1, 0.15) is 11.7 Å². The van der Waals surface area contributed by atoms with E-state index in [9.17, 15) is 9.59 Å². The predicted octanol–water partition coefficient (Wildman–Crippen LogP) is -0.460. The Kier molecular flexibility index (Phi) is 1.43. The first kappa shape index (κ1) is 7.02. The van der Waals surface area contributed by atoms with Gasteiger partial charge in [0.2, 0.25) is 11.8 Å². The van der Waals surface area contributed by atoms with Crippen molar-refractivity contribution in [2.75, 3.05) is 0 Å². The molecule has 2 heterocycles. The first-order valence-electron chi connectivity index (χ1n) is 3.60. The summed E-state index contributed by atoms with van der Waals surface area (Å²) in [5, 5.41) is 2.22. The molecule has 1 aromatic heterocycles. The summed E-state index contributed by atoms with van der Waals surface area (Å²) in [6.07, 6.45) is 3.39. The number of hydrogen-bond donors (Lipinski definition) is 2. The van der Waals surface area contributed by atoms with Crippen LogP contribution in [0.25, 0.3) is 0 Å². The highest BCUT2D eigenvalue weighted by Gasteiger charge is 2.33. The molecule has 62 valence electrons. The number of rotatable bonds is 1. The summed E-state index contributed by atoms with van der Waals surface area (Å²) in [6, 6.07) is 0. The Balaban J connectivity index is 2.26. The molecular weight excluding hydrogens is 158 g/mol. The monoisotopic (exact) mass is 165 g/mol. The molecule has 5 nitrogen and oxygen atoms in total. The Bertz CT molecular complexity index is 317. The van der Waals surface area contributed by atoms with E-state index in [1.54, 1.807) is 12.4 Å². The van der Waals surface area contributed by atoms with E-state index in [-0.39, 0.29) is 18.2 Å². The van der Waals surface area contributed by atoms with Crippen LogP contribution in [0.4, 0.5) is 0 Å². The lowest BCUT2D eigenvalue weighted by Crippen LogP contribution is -2.21. The lowest BCUT2D eigenvalue weighted by atomic mass is 10.1. The minimum Gasteiger partial charge on any atom is -0.348 e. The highest BCUT2D eigenvalue weighted by Crippen LogP contribution is 2.20. The third-order valence-electron chi connectivity index (χ3n) is 1.82. The first-order valence-corrected chi connectivity index (χ1v) is 3.60. The van der Waals surface area contributed by atoms with Gasteiger partial charge in [-0.05, 0) is 0 Å². The molecule has 2 N–H and O–H groups in total. The third kappa shape index (κ3) is 0.990. The topological polar surface area (TPSA) is 74.8 Å². The molecular formula is C7H7N3O2. The van der Waals surface area contributed by atoms with Gasteiger partial charge in [-0.15, -0.1) is 0 Å². The average Bonchev–Trinajstić information content (AvgIpc) is 2.58. The van der Waals surface area contributed by atoms with E-state index in [0.29, 0.717) is 5.82 Å². The maximum atomic E-state index is 11.1. The fraction of sp³-hybridized carbons (Fsp3) is 0.286. The van der Waals surface area contributed by atoms with Crippen LogP contribution in [-0.4, -0.2) is 21.8 Å². The molecule has 0 radical (unpaired) electrons. The molecule has 1 aliphatic rings. The number of hydrogen-bond acceptors (Lipinski definition) is 3. The highest BCUT2D eigenvalue weighted by molar-refractivity contribution is 6.05. The van der Waals surface area contributed by atoms with Crippen molar-refractivity contribution in [3.63, 3.8) is 0 Å². The van der Waals surface area contributed by atoms with E-state index in [2.05, 4.69) is 15.3 Å². The lowest BCUT2D eigenvalue weighted by Gasteiger charge is -1.98. The lowest BCUT2D eigenvalue weighted by molar-refractivity contribution is -0.125. The summed E-state index contributed by atoms with van der Waals surface area (Å²) in [4.78, 5) is 28.6. The van der Waals surface area contributed by atoms with E-state index in [1.165, 1.54) is 0 Å². The van der Waals surface area contributed by atoms with Crippen LogP contribution in [0.3, 0.4) is 0 Å². The van der Waals surface area contributed by atoms with Crippen LogP contribution in [0.1, 0.15) is 18.2 Å². The Morgan fingerprint density at radius 3 is 2.83 bits per heavy atom. The van der Waals surface area contributed by atoms with Crippen LogP contribution >= 0.6 is 0 Å². The average molecular weight is 165 g/mol. The molecule has 0 aliphatic carbocycles. The Morgan fingerprint density at radius 1 is 1.50 bits per heavy atom. The molecule has 1 saturated heterocycles. The largest absolute Gasteiger partial charge is 0.348 e. The van der Waals surface area contributed by atoms with Crippen molar-refractivity contribution in [2.24, 2.45) is 0 Å². The molecule has 12 heavy (non-hydrogen) atoms. The van der Waals surface area contributed by atoms with Crippen molar-refractivity contribution in [1.82, 2.24) is 15.3 Å². The zero-order chi connectivity index (χ0) is 8.55.